The summed E-state index contributed by atoms with van der Waals surface area (Å²) in [7, 11) is 0. The number of nitrogens with zero attached hydrogens (tertiary/aromatic N) is 1. The molecule has 0 aliphatic heterocycles. The van der Waals surface area contributed by atoms with E-state index in [0.29, 0.717) is 0 Å². The van der Waals surface area contributed by atoms with E-state index in [-0.39, 0.29) is 6.54 Å². The van der Waals surface area contributed by atoms with Gasteiger partial charge in [-0.15, -0.1) is 6.58 Å². The van der Waals surface area contributed by atoms with E-state index in [0.717, 1.165) is 32.6 Å². The average molecular weight is 200 g/mol. The predicted molar refractivity (Wildman–Crippen MR) is 57.4 cm³/mol. The van der Waals surface area contributed by atoms with Gasteiger partial charge in [-0.3, -0.25) is 9.69 Å². The molecule has 82 valence electrons. The lowest BCUT2D eigenvalue weighted by Gasteiger charge is -2.17. The molecule has 0 bridgehead atoms. The van der Waals surface area contributed by atoms with Crippen LogP contribution in [-0.2, 0) is 4.79 Å². The standard InChI is InChI=1S/C10H20N2O2/c1-3-6-11-7-5-8-12(4-2)9-10(13)14/h3,11H,1,4-9H2,2H3,(H,13,14). The zero-order valence-electron chi connectivity index (χ0n) is 8.83. The van der Waals surface area contributed by atoms with E-state index in [1.807, 2.05) is 17.9 Å². The molecule has 0 saturated carbocycles. The van der Waals surface area contributed by atoms with Crippen molar-refractivity contribution in [3.63, 3.8) is 0 Å². The Balaban J connectivity index is 3.42. The molecule has 0 saturated heterocycles. The van der Waals surface area contributed by atoms with Crippen LogP contribution in [0.5, 0.6) is 0 Å². The lowest BCUT2D eigenvalue weighted by Crippen LogP contribution is -2.32. The zero-order chi connectivity index (χ0) is 10.8. The normalized spacial score (nSPS) is 10.4. The smallest absolute Gasteiger partial charge is 0.317 e. The van der Waals surface area contributed by atoms with Crippen molar-refractivity contribution in [2.24, 2.45) is 0 Å². The summed E-state index contributed by atoms with van der Waals surface area (Å²) in [4.78, 5) is 12.3. The number of hydrogen-bond acceptors (Lipinski definition) is 3. The molecule has 0 rings (SSSR count). The fraction of sp³-hybridized carbons (Fsp3) is 0.700. The molecule has 0 atom stereocenters. The van der Waals surface area contributed by atoms with Gasteiger partial charge < -0.3 is 10.4 Å². The van der Waals surface area contributed by atoms with Crippen molar-refractivity contribution in [2.75, 3.05) is 32.7 Å². The van der Waals surface area contributed by atoms with Crippen LogP contribution in [0, 0.1) is 0 Å². The number of hydrogen-bond donors (Lipinski definition) is 2. The summed E-state index contributed by atoms with van der Waals surface area (Å²) in [5.74, 6) is -0.758. The molecule has 4 heteroatoms. The van der Waals surface area contributed by atoms with Gasteiger partial charge in [-0.1, -0.05) is 13.0 Å². The van der Waals surface area contributed by atoms with Gasteiger partial charge in [-0.25, -0.2) is 0 Å². The number of carboxylic acids is 1. The SMILES string of the molecule is C=CCNCCCN(CC)CC(=O)O. The van der Waals surface area contributed by atoms with E-state index in [1.165, 1.54) is 0 Å². The van der Waals surface area contributed by atoms with E-state index >= 15 is 0 Å². The van der Waals surface area contributed by atoms with Crippen molar-refractivity contribution in [1.82, 2.24) is 10.2 Å². The maximum absolute atomic E-state index is 10.4. The molecule has 0 unspecified atom stereocenters. The molecule has 14 heavy (non-hydrogen) atoms. The van der Waals surface area contributed by atoms with Crippen LogP contribution < -0.4 is 5.32 Å². The van der Waals surface area contributed by atoms with Gasteiger partial charge in [0.15, 0.2) is 0 Å². The second-order valence-corrected chi connectivity index (χ2v) is 3.11. The fourth-order valence-electron chi connectivity index (χ4n) is 1.17. The van der Waals surface area contributed by atoms with E-state index < -0.39 is 5.97 Å². The molecule has 0 amide bonds. The van der Waals surface area contributed by atoms with Crippen molar-refractivity contribution in [3.8, 4) is 0 Å². The predicted octanol–water partition coefficient (Wildman–Crippen LogP) is 0.559. The van der Waals surface area contributed by atoms with Gasteiger partial charge in [-0.2, -0.15) is 0 Å². The van der Waals surface area contributed by atoms with E-state index in [4.69, 9.17) is 5.11 Å². The highest BCUT2D eigenvalue weighted by Gasteiger charge is 2.05. The summed E-state index contributed by atoms with van der Waals surface area (Å²) in [6.45, 7) is 9.03. The van der Waals surface area contributed by atoms with Crippen LogP contribution in [0.1, 0.15) is 13.3 Å². The first-order valence-corrected chi connectivity index (χ1v) is 4.96. The largest absolute Gasteiger partial charge is 0.480 e. The third-order valence-corrected chi connectivity index (χ3v) is 1.92. The van der Waals surface area contributed by atoms with Crippen molar-refractivity contribution < 1.29 is 9.90 Å². The Morgan fingerprint density at radius 3 is 2.86 bits per heavy atom. The lowest BCUT2D eigenvalue weighted by molar-refractivity contribution is -0.138. The zero-order valence-corrected chi connectivity index (χ0v) is 8.83. The quantitative estimate of drug-likeness (QED) is 0.422. The molecule has 0 heterocycles. The summed E-state index contributed by atoms with van der Waals surface area (Å²) >= 11 is 0. The average Bonchev–Trinajstić information content (AvgIpc) is 2.15. The minimum absolute atomic E-state index is 0.137. The van der Waals surface area contributed by atoms with E-state index in [2.05, 4.69) is 11.9 Å². The topological polar surface area (TPSA) is 52.6 Å². The van der Waals surface area contributed by atoms with Crippen LogP contribution in [0.3, 0.4) is 0 Å². The van der Waals surface area contributed by atoms with Gasteiger partial charge in [0.25, 0.3) is 0 Å². The molecule has 0 aromatic heterocycles. The van der Waals surface area contributed by atoms with Crippen LogP contribution in [0.2, 0.25) is 0 Å². The molecular formula is C10H20N2O2. The molecule has 0 radical (unpaired) electrons. The first kappa shape index (κ1) is 13.1. The Morgan fingerprint density at radius 1 is 1.64 bits per heavy atom. The number of aliphatic carboxylic acids is 1. The Kier molecular flexibility index (Phi) is 8.17. The monoisotopic (exact) mass is 200 g/mol. The fourth-order valence-corrected chi connectivity index (χ4v) is 1.17. The van der Waals surface area contributed by atoms with Crippen LogP contribution in [0.25, 0.3) is 0 Å². The minimum atomic E-state index is -0.758. The summed E-state index contributed by atoms with van der Waals surface area (Å²) in [6.07, 6.45) is 2.78. The molecular weight excluding hydrogens is 180 g/mol. The second kappa shape index (κ2) is 8.72. The van der Waals surface area contributed by atoms with E-state index in [9.17, 15) is 4.79 Å². The summed E-state index contributed by atoms with van der Waals surface area (Å²) < 4.78 is 0. The Hall–Kier alpha value is -0.870. The molecule has 0 aliphatic rings. The highest BCUT2D eigenvalue weighted by Crippen LogP contribution is 1.90. The van der Waals surface area contributed by atoms with Gasteiger partial charge >= 0.3 is 5.97 Å². The van der Waals surface area contributed by atoms with Crippen molar-refractivity contribution >= 4 is 5.97 Å². The van der Waals surface area contributed by atoms with Crippen molar-refractivity contribution in [2.45, 2.75) is 13.3 Å². The van der Waals surface area contributed by atoms with Gasteiger partial charge in [0, 0.05) is 6.54 Å². The molecule has 4 nitrogen and oxygen atoms in total. The highest BCUT2D eigenvalue weighted by molar-refractivity contribution is 5.69. The maximum Gasteiger partial charge on any atom is 0.317 e. The number of likely N-dealkylation sites (N-methyl/N-ethyl adjacent to an activating group) is 1. The molecule has 0 spiro atoms. The first-order chi connectivity index (χ1) is 6.70. The maximum atomic E-state index is 10.4. The molecule has 0 aliphatic carbocycles. The third kappa shape index (κ3) is 7.76. The van der Waals surface area contributed by atoms with Gasteiger partial charge in [0.2, 0.25) is 0 Å². The van der Waals surface area contributed by atoms with Crippen LogP contribution >= 0.6 is 0 Å². The number of carboxylic acid groups (broad SMARTS) is 1. The van der Waals surface area contributed by atoms with Crippen LogP contribution in [0.15, 0.2) is 12.7 Å². The molecule has 2 N–H and O–H groups in total. The van der Waals surface area contributed by atoms with Gasteiger partial charge in [0.05, 0.1) is 6.54 Å². The number of carbonyl (C=O) groups is 1. The summed E-state index contributed by atoms with van der Waals surface area (Å²) in [6, 6.07) is 0. The highest BCUT2D eigenvalue weighted by atomic mass is 16.4. The minimum Gasteiger partial charge on any atom is -0.480 e. The number of rotatable bonds is 9. The van der Waals surface area contributed by atoms with Crippen LogP contribution in [0.4, 0.5) is 0 Å². The van der Waals surface area contributed by atoms with Crippen molar-refractivity contribution in [3.05, 3.63) is 12.7 Å². The van der Waals surface area contributed by atoms with Gasteiger partial charge in [-0.05, 0) is 26.1 Å². The third-order valence-electron chi connectivity index (χ3n) is 1.92. The molecule has 0 aromatic carbocycles. The Bertz CT molecular complexity index is 172. The lowest BCUT2D eigenvalue weighted by atomic mass is 10.3. The first-order valence-electron chi connectivity index (χ1n) is 4.96. The molecule has 0 fully saturated rings. The van der Waals surface area contributed by atoms with Crippen LogP contribution in [-0.4, -0.2) is 48.7 Å². The summed E-state index contributed by atoms with van der Waals surface area (Å²) in [5.41, 5.74) is 0. The molecule has 0 aromatic rings. The van der Waals surface area contributed by atoms with Crippen molar-refractivity contribution in [1.29, 1.82) is 0 Å². The van der Waals surface area contributed by atoms with E-state index in [1.54, 1.807) is 0 Å². The Labute approximate surface area is 85.6 Å². The second-order valence-electron chi connectivity index (χ2n) is 3.11. The van der Waals surface area contributed by atoms with Gasteiger partial charge in [0.1, 0.15) is 0 Å². The summed E-state index contributed by atoms with van der Waals surface area (Å²) in [5, 5.41) is 11.8. The number of nitrogens with one attached hydrogen (secondary N) is 1. The Morgan fingerprint density at radius 2 is 2.36 bits per heavy atom.